The van der Waals surface area contributed by atoms with Gasteiger partial charge in [-0.1, -0.05) is 24.6 Å². The number of ether oxygens (including phenoxy) is 1. The summed E-state index contributed by atoms with van der Waals surface area (Å²) in [4.78, 5) is 15.7. The molecule has 4 aromatic rings. The lowest BCUT2D eigenvalue weighted by Gasteiger charge is -2.26. The smallest absolute Gasteiger partial charge is 0.417 e. The number of esters is 1. The number of anilines is 1. The zero-order valence-corrected chi connectivity index (χ0v) is 22.0. The predicted molar refractivity (Wildman–Crippen MR) is 135 cm³/mol. The first kappa shape index (κ1) is 27.4. The van der Waals surface area contributed by atoms with E-state index in [4.69, 9.17) is 16.3 Å². The Morgan fingerprint density at radius 3 is 2.50 bits per heavy atom. The van der Waals surface area contributed by atoms with E-state index >= 15 is 0 Å². The highest BCUT2D eigenvalue weighted by atomic mass is 35.5. The average molecular weight is 567 g/mol. The molecule has 2 heterocycles. The van der Waals surface area contributed by atoms with Crippen LogP contribution in [0.25, 0.3) is 10.9 Å². The topological polar surface area (TPSA) is 94.4 Å². The summed E-state index contributed by atoms with van der Waals surface area (Å²) in [6.45, 7) is 1.42. The fourth-order valence-electron chi connectivity index (χ4n) is 3.99. The molecule has 200 valence electrons. The van der Waals surface area contributed by atoms with Crippen LogP contribution in [-0.4, -0.2) is 36.3 Å². The molecule has 0 amide bonds. The monoisotopic (exact) mass is 566 g/mol. The number of pyridine rings is 1. The second-order valence-electron chi connectivity index (χ2n) is 8.37. The van der Waals surface area contributed by atoms with Crippen molar-refractivity contribution in [2.45, 2.75) is 31.0 Å². The minimum atomic E-state index is -4.72. The largest absolute Gasteiger partial charge is 0.465 e. The van der Waals surface area contributed by atoms with Crippen LogP contribution in [-0.2, 0) is 40.9 Å². The third-order valence-electron chi connectivity index (χ3n) is 5.95. The Balaban J connectivity index is 1.87. The van der Waals surface area contributed by atoms with Gasteiger partial charge in [-0.2, -0.15) is 18.3 Å². The molecule has 0 aliphatic carbocycles. The molecule has 13 heteroatoms. The van der Waals surface area contributed by atoms with Gasteiger partial charge in [-0.15, -0.1) is 0 Å². The second kappa shape index (κ2) is 10.3. The van der Waals surface area contributed by atoms with Crippen molar-refractivity contribution in [3.8, 4) is 0 Å². The van der Waals surface area contributed by atoms with Gasteiger partial charge in [-0.3, -0.25) is 4.68 Å². The molecule has 0 N–H and O–H groups in total. The van der Waals surface area contributed by atoms with E-state index < -0.39 is 32.8 Å². The van der Waals surface area contributed by atoms with Crippen LogP contribution in [0.2, 0.25) is 5.02 Å². The van der Waals surface area contributed by atoms with Crippen molar-refractivity contribution in [1.82, 2.24) is 14.8 Å². The summed E-state index contributed by atoms with van der Waals surface area (Å²) in [5.74, 6) is -1.01. The van der Waals surface area contributed by atoms with Crippen molar-refractivity contribution in [1.29, 1.82) is 0 Å². The summed E-state index contributed by atoms with van der Waals surface area (Å²) in [5.41, 5.74) is 0.680. The molecule has 0 aliphatic rings. The summed E-state index contributed by atoms with van der Waals surface area (Å²) in [6, 6.07) is 9.77. The van der Waals surface area contributed by atoms with Gasteiger partial charge >= 0.3 is 12.1 Å². The van der Waals surface area contributed by atoms with Crippen LogP contribution < -0.4 is 4.31 Å². The normalized spacial score (nSPS) is 12.1. The first-order valence-corrected chi connectivity index (χ1v) is 13.1. The standard InChI is InChI=1S/C25H22ClF3N4O4S/c1-4-16-10-17(24(34)37-3)6-8-22(16)38(35,36)33(23-20(26)11-19(13-30-23)25(27,28)29)14-15-5-7-21-18(9-15)12-31-32(21)2/h5-13H,4,14H2,1-3H3. The summed E-state index contributed by atoms with van der Waals surface area (Å²) in [6.07, 6.45) is -2.33. The number of alkyl halides is 3. The van der Waals surface area contributed by atoms with E-state index in [0.717, 1.165) is 15.2 Å². The van der Waals surface area contributed by atoms with E-state index in [9.17, 15) is 26.4 Å². The zero-order chi connectivity index (χ0) is 27.8. The van der Waals surface area contributed by atoms with Gasteiger partial charge in [0.1, 0.15) is 0 Å². The van der Waals surface area contributed by atoms with Crippen LogP contribution in [0.1, 0.15) is 34.0 Å². The molecule has 38 heavy (non-hydrogen) atoms. The molecule has 0 aliphatic heterocycles. The molecular weight excluding hydrogens is 545 g/mol. The number of sulfonamides is 1. The van der Waals surface area contributed by atoms with Gasteiger partial charge in [0.25, 0.3) is 10.0 Å². The van der Waals surface area contributed by atoms with Gasteiger partial charge in [0, 0.05) is 18.6 Å². The van der Waals surface area contributed by atoms with Gasteiger partial charge in [0.15, 0.2) is 5.82 Å². The van der Waals surface area contributed by atoms with Crippen LogP contribution in [0, 0.1) is 0 Å². The average Bonchev–Trinajstić information content (AvgIpc) is 3.25. The number of rotatable bonds is 7. The number of benzene rings is 2. The quantitative estimate of drug-likeness (QED) is 0.279. The lowest BCUT2D eigenvalue weighted by atomic mass is 10.1. The Kier molecular flexibility index (Phi) is 7.39. The van der Waals surface area contributed by atoms with Crippen molar-refractivity contribution >= 4 is 44.3 Å². The molecule has 0 spiro atoms. The molecule has 8 nitrogen and oxygen atoms in total. The maximum atomic E-state index is 14.0. The van der Waals surface area contributed by atoms with E-state index in [1.807, 2.05) is 0 Å². The number of aromatic nitrogens is 3. The highest BCUT2D eigenvalue weighted by molar-refractivity contribution is 7.92. The Morgan fingerprint density at radius 1 is 1.13 bits per heavy atom. The number of hydrogen-bond donors (Lipinski definition) is 0. The third kappa shape index (κ3) is 5.18. The second-order valence-corrected chi connectivity index (χ2v) is 10.6. The molecule has 4 rings (SSSR count). The van der Waals surface area contributed by atoms with Gasteiger partial charge in [-0.25, -0.2) is 22.5 Å². The van der Waals surface area contributed by atoms with Crippen molar-refractivity contribution in [2.75, 3.05) is 11.4 Å². The van der Waals surface area contributed by atoms with Crippen LogP contribution >= 0.6 is 11.6 Å². The summed E-state index contributed by atoms with van der Waals surface area (Å²) in [7, 11) is -1.47. The number of fused-ring (bicyclic) bond motifs is 1. The first-order valence-electron chi connectivity index (χ1n) is 11.2. The van der Waals surface area contributed by atoms with Gasteiger partial charge in [0.2, 0.25) is 0 Å². The molecule has 0 saturated carbocycles. The summed E-state index contributed by atoms with van der Waals surface area (Å²) in [5, 5.41) is 4.43. The van der Waals surface area contributed by atoms with Crippen molar-refractivity contribution in [3.05, 3.63) is 82.1 Å². The van der Waals surface area contributed by atoms with Crippen LogP contribution in [0.3, 0.4) is 0 Å². The highest BCUT2D eigenvalue weighted by Gasteiger charge is 2.35. The van der Waals surface area contributed by atoms with E-state index in [0.29, 0.717) is 23.4 Å². The number of aryl methyl sites for hydroxylation is 2. The summed E-state index contributed by atoms with van der Waals surface area (Å²) < 4.78 is 75.1. The van der Waals surface area contributed by atoms with E-state index in [2.05, 4.69) is 10.1 Å². The molecule has 0 radical (unpaired) electrons. The predicted octanol–water partition coefficient (Wildman–Crippen LogP) is 5.39. The van der Waals surface area contributed by atoms with E-state index in [-0.39, 0.29) is 29.2 Å². The van der Waals surface area contributed by atoms with Crippen LogP contribution in [0.4, 0.5) is 19.0 Å². The van der Waals surface area contributed by atoms with Gasteiger partial charge in [-0.05, 0) is 53.9 Å². The van der Waals surface area contributed by atoms with Crippen LogP contribution in [0.5, 0.6) is 0 Å². The van der Waals surface area contributed by atoms with Crippen molar-refractivity contribution in [2.24, 2.45) is 7.05 Å². The SMILES string of the molecule is CCc1cc(C(=O)OC)ccc1S(=O)(=O)N(Cc1ccc2c(cnn2C)c1)c1ncc(C(F)(F)F)cc1Cl. The van der Waals surface area contributed by atoms with Gasteiger partial charge in [0.05, 0.1) is 46.4 Å². The number of methoxy groups -OCH3 is 1. The number of hydrogen-bond acceptors (Lipinski definition) is 6. The maximum Gasteiger partial charge on any atom is 0.417 e. The third-order valence-corrected chi connectivity index (χ3v) is 8.07. The number of carbonyl (C=O) groups is 1. The maximum absolute atomic E-state index is 14.0. The number of carbonyl (C=O) groups excluding carboxylic acids is 1. The Hall–Kier alpha value is -3.64. The minimum absolute atomic E-state index is 0.145. The zero-order valence-electron chi connectivity index (χ0n) is 20.5. The lowest BCUT2D eigenvalue weighted by molar-refractivity contribution is -0.137. The molecule has 0 fully saturated rings. The summed E-state index contributed by atoms with van der Waals surface area (Å²) >= 11 is 6.20. The first-order chi connectivity index (χ1) is 17.9. The van der Waals surface area contributed by atoms with Crippen molar-refractivity contribution < 1.29 is 31.1 Å². The van der Waals surface area contributed by atoms with Crippen LogP contribution in [0.15, 0.2) is 59.8 Å². The van der Waals surface area contributed by atoms with E-state index in [1.54, 1.807) is 43.0 Å². The number of nitrogens with zero attached hydrogens (tertiary/aromatic N) is 4. The molecule has 0 atom stereocenters. The van der Waals surface area contributed by atoms with Crippen molar-refractivity contribution in [3.63, 3.8) is 0 Å². The molecular formula is C25H22ClF3N4O4S. The lowest BCUT2D eigenvalue weighted by Crippen LogP contribution is -2.32. The molecule has 0 bridgehead atoms. The Morgan fingerprint density at radius 2 is 1.87 bits per heavy atom. The number of halogens is 4. The molecule has 2 aromatic carbocycles. The molecule has 0 saturated heterocycles. The molecule has 2 aromatic heterocycles. The Labute approximate surface area is 221 Å². The van der Waals surface area contributed by atoms with Gasteiger partial charge < -0.3 is 4.74 Å². The molecule has 0 unspecified atom stereocenters. The van der Waals surface area contributed by atoms with E-state index in [1.165, 1.54) is 25.3 Å². The fraction of sp³-hybridized carbons (Fsp3) is 0.240. The highest BCUT2D eigenvalue weighted by Crippen LogP contribution is 2.36. The minimum Gasteiger partial charge on any atom is -0.465 e. The fourth-order valence-corrected chi connectivity index (χ4v) is 6.01. The Bertz CT molecular complexity index is 1640.